The quantitative estimate of drug-likeness (QED) is 0.776. The molecule has 23 heavy (non-hydrogen) atoms. The van der Waals surface area contributed by atoms with Crippen molar-refractivity contribution in [1.29, 1.82) is 0 Å². The average Bonchev–Trinajstić information content (AvgIpc) is 2.98. The average molecular weight is 346 g/mol. The highest BCUT2D eigenvalue weighted by Crippen LogP contribution is 2.34. The summed E-state index contributed by atoms with van der Waals surface area (Å²) in [7, 11) is -1.76. The minimum Gasteiger partial charge on any atom is -0.506 e. The van der Waals surface area contributed by atoms with Gasteiger partial charge in [-0.15, -0.1) is 0 Å². The van der Waals surface area contributed by atoms with Gasteiger partial charge in [-0.1, -0.05) is 23.7 Å². The minimum absolute atomic E-state index is 0.0705. The van der Waals surface area contributed by atoms with E-state index in [9.17, 15) is 14.1 Å². The molecule has 0 spiro atoms. The van der Waals surface area contributed by atoms with Crippen molar-refractivity contribution in [3.05, 3.63) is 63.4 Å². The van der Waals surface area contributed by atoms with Gasteiger partial charge in [-0.2, -0.15) is 0 Å². The van der Waals surface area contributed by atoms with Gasteiger partial charge in [0.15, 0.2) is 4.90 Å². The van der Waals surface area contributed by atoms with Crippen LogP contribution in [0.25, 0.3) is 10.9 Å². The lowest BCUT2D eigenvalue weighted by Gasteiger charge is -2.11. The first-order valence-electron chi connectivity index (χ1n) is 7.12. The van der Waals surface area contributed by atoms with Crippen LogP contribution in [0, 0.1) is 0 Å². The second kappa shape index (κ2) is 5.22. The fourth-order valence-electron chi connectivity index (χ4n) is 3.04. The van der Waals surface area contributed by atoms with E-state index >= 15 is 0 Å². The molecular weight excluding hydrogens is 334 g/mol. The summed E-state index contributed by atoms with van der Waals surface area (Å²) in [6.45, 7) is 0.541. The van der Waals surface area contributed by atoms with Crippen molar-refractivity contribution < 1.29 is 9.32 Å². The van der Waals surface area contributed by atoms with Crippen molar-refractivity contribution in [2.24, 2.45) is 0 Å². The molecule has 0 aliphatic carbocycles. The number of halogens is 1. The molecule has 1 aromatic heterocycles. The summed E-state index contributed by atoms with van der Waals surface area (Å²) >= 11 is 5.84. The number of hydrogen-bond acceptors (Lipinski definition) is 3. The Bertz CT molecular complexity index is 1020. The molecule has 1 unspecified atom stereocenters. The van der Waals surface area contributed by atoms with Gasteiger partial charge in [0.05, 0.1) is 16.3 Å². The molecule has 0 fully saturated rings. The number of hydrogen-bond donors (Lipinski definition) is 1. The van der Waals surface area contributed by atoms with Crippen molar-refractivity contribution in [3.63, 3.8) is 0 Å². The summed E-state index contributed by atoms with van der Waals surface area (Å²) in [6, 6.07) is 12.0. The third-order valence-corrected chi connectivity index (χ3v) is 5.81. The van der Waals surface area contributed by atoms with Gasteiger partial charge in [0, 0.05) is 21.8 Å². The summed E-state index contributed by atoms with van der Waals surface area (Å²) in [5.74, 6) is -0.196. The molecule has 1 N–H and O–H groups in total. The van der Waals surface area contributed by atoms with E-state index in [1.165, 1.54) is 0 Å². The molecule has 1 atom stereocenters. The zero-order chi connectivity index (χ0) is 16.1. The van der Waals surface area contributed by atoms with E-state index < -0.39 is 16.4 Å². The van der Waals surface area contributed by atoms with Gasteiger partial charge < -0.3 is 9.67 Å². The van der Waals surface area contributed by atoms with Crippen molar-refractivity contribution in [3.8, 4) is 5.75 Å². The lowest BCUT2D eigenvalue weighted by atomic mass is 10.1. The van der Waals surface area contributed by atoms with Crippen LogP contribution in [-0.2, 0) is 23.8 Å². The third-order valence-electron chi connectivity index (χ3n) is 4.12. The molecule has 1 aliphatic heterocycles. The van der Waals surface area contributed by atoms with Crippen LogP contribution in [0.3, 0.4) is 0 Å². The smallest absolute Gasteiger partial charge is 0.271 e. The summed E-state index contributed by atoms with van der Waals surface area (Å²) < 4.78 is 14.4. The number of aryl methyl sites for hydroxylation is 2. The Kier molecular flexibility index (Phi) is 3.28. The largest absolute Gasteiger partial charge is 0.506 e. The van der Waals surface area contributed by atoms with E-state index in [-0.39, 0.29) is 10.6 Å². The van der Waals surface area contributed by atoms with Crippen LogP contribution >= 0.6 is 11.6 Å². The van der Waals surface area contributed by atoms with Crippen molar-refractivity contribution in [1.82, 2.24) is 4.57 Å². The Labute approximate surface area is 139 Å². The van der Waals surface area contributed by atoms with Crippen LogP contribution in [0.15, 0.2) is 57.1 Å². The van der Waals surface area contributed by atoms with Crippen molar-refractivity contribution in [2.75, 3.05) is 0 Å². The van der Waals surface area contributed by atoms with Crippen LogP contribution in [-0.4, -0.2) is 13.9 Å². The highest BCUT2D eigenvalue weighted by atomic mass is 35.5. The molecule has 0 saturated heterocycles. The van der Waals surface area contributed by atoms with E-state index in [0.717, 1.165) is 17.5 Å². The van der Waals surface area contributed by atoms with Crippen LogP contribution in [0.1, 0.15) is 5.56 Å². The normalized spacial score (nSPS) is 14.3. The summed E-state index contributed by atoms with van der Waals surface area (Å²) in [6.07, 6.45) is 0.739. The predicted octanol–water partition coefficient (Wildman–Crippen LogP) is 3.08. The molecule has 0 bridgehead atoms. The fraction of sp³-hybridized carbons (Fsp3) is 0.118. The molecule has 2 aromatic carbocycles. The number of benzene rings is 2. The molecule has 116 valence electrons. The first-order valence-corrected chi connectivity index (χ1v) is 8.65. The molecule has 0 saturated carbocycles. The maximum Gasteiger partial charge on any atom is 0.271 e. The molecular formula is C17H12ClNO3S. The van der Waals surface area contributed by atoms with Crippen LogP contribution < -0.4 is 5.56 Å². The van der Waals surface area contributed by atoms with E-state index in [1.54, 1.807) is 34.9 Å². The minimum atomic E-state index is -1.76. The Morgan fingerprint density at radius 1 is 1.13 bits per heavy atom. The Morgan fingerprint density at radius 2 is 1.87 bits per heavy atom. The summed E-state index contributed by atoms with van der Waals surface area (Å²) in [5.41, 5.74) is 1.37. The van der Waals surface area contributed by atoms with Gasteiger partial charge in [-0.25, -0.2) is 4.21 Å². The first kappa shape index (κ1) is 14.5. The zero-order valence-electron chi connectivity index (χ0n) is 12.0. The second-order valence-electron chi connectivity index (χ2n) is 5.42. The van der Waals surface area contributed by atoms with Gasteiger partial charge in [0.1, 0.15) is 5.75 Å². The lowest BCUT2D eigenvalue weighted by molar-refractivity contribution is 0.463. The van der Waals surface area contributed by atoms with E-state index in [0.29, 0.717) is 21.8 Å². The molecule has 3 aromatic rings. The monoisotopic (exact) mass is 345 g/mol. The highest BCUT2D eigenvalue weighted by molar-refractivity contribution is 7.85. The Morgan fingerprint density at radius 3 is 2.61 bits per heavy atom. The second-order valence-corrected chi connectivity index (χ2v) is 7.27. The lowest BCUT2D eigenvalue weighted by Crippen LogP contribution is -2.23. The van der Waals surface area contributed by atoms with Gasteiger partial charge in [-0.05, 0) is 42.3 Å². The van der Waals surface area contributed by atoms with Gasteiger partial charge in [-0.3, -0.25) is 4.79 Å². The maximum atomic E-state index is 12.8. The maximum absolute atomic E-state index is 12.8. The topological polar surface area (TPSA) is 59.3 Å². The highest BCUT2D eigenvalue weighted by Gasteiger charge is 2.25. The molecule has 0 radical (unpaired) electrons. The van der Waals surface area contributed by atoms with E-state index in [1.807, 2.05) is 12.1 Å². The van der Waals surface area contributed by atoms with Crippen LogP contribution in [0.4, 0.5) is 0 Å². The third kappa shape index (κ3) is 2.11. The number of rotatable bonds is 2. The standard InChI is InChI=1S/C17H12ClNO3S/c18-11-4-6-12(7-5-11)23(22)16-15(20)13-3-1-2-10-8-9-19(14(10)13)17(16)21/h1-7,20H,8-9H2. The van der Waals surface area contributed by atoms with Crippen molar-refractivity contribution >= 4 is 33.3 Å². The van der Waals surface area contributed by atoms with Crippen LogP contribution in [0.5, 0.6) is 5.75 Å². The molecule has 4 nitrogen and oxygen atoms in total. The predicted molar refractivity (Wildman–Crippen MR) is 89.7 cm³/mol. The number of aromatic hydroxyl groups is 1. The van der Waals surface area contributed by atoms with Gasteiger partial charge in [0.2, 0.25) is 0 Å². The number of para-hydroxylation sites is 1. The molecule has 4 rings (SSSR count). The van der Waals surface area contributed by atoms with E-state index in [2.05, 4.69) is 0 Å². The number of aromatic nitrogens is 1. The zero-order valence-corrected chi connectivity index (χ0v) is 13.5. The Hall–Kier alpha value is -2.11. The Balaban J connectivity index is 2.01. The van der Waals surface area contributed by atoms with Gasteiger partial charge in [0.25, 0.3) is 5.56 Å². The van der Waals surface area contributed by atoms with Gasteiger partial charge >= 0.3 is 0 Å². The number of nitrogens with zero attached hydrogens (tertiary/aromatic N) is 1. The first-order chi connectivity index (χ1) is 11.1. The summed E-state index contributed by atoms with van der Waals surface area (Å²) in [5, 5.41) is 11.6. The van der Waals surface area contributed by atoms with Crippen LogP contribution in [0.2, 0.25) is 5.02 Å². The molecule has 1 aliphatic rings. The fourth-order valence-corrected chi connectivity index (χ4v) is 4.34. The number of pyridine rings is 1. The summed E-state index contributed by atoms with van der Waals surface area (Å²) in [4.78, 5) is 13.1. The van der Waals surface area contributed by atoms with E-state index in [4.69, 9.17) is 11.6 Å². The van der Waals surface area contributed by atoms with Crippen molar-refractivity contribution in [2.45, 2.75) is 22.8 Å². The SMILES string of the molecule is O=c1c(S(=O)c2ccc(Cl)cc2)c(O)c2cccc3c2n1CC3. The molecule has 6 heteroatoms. The molecule has 2 heterocycles. The molecule has 0 amide bonds.